The molecule has 2 heterocycles. The van der Waals surface area contributed by atoms with E-state index in [2.05, 4.69) is 37.2 Å². The summed E-state index contributed by atoms with van der Waals surface area (Å²) in [6.45, 7) is 7.69. The maximum Gasteiger partial charge on any atom is 0.326 e. The maximum atomic E-state index is 14.6. The van der Waals surface area contributed by atoms with Crippen LogP contribution in [0.2, 0.25) is 0 Å². The molecule has 0 aromatic heterocycles. The number of nitrogens with two attached hydrogens (primary N) is 2. The molecule has 3 rings (SSSR count). The molecule has 13 atom stereocenters. The molecule has 17 N–H and O–H groups in total. The Bertz CT molecular complexity index is 2800. The Kier molecular flexibility index (Phi) is 29.2. The van der Waals surface area contributed by atoms with Crippen molar-refractivity contribution < 1.29 is 103 Å². The minimum absolute atomic E-state index is 0.0199. The molecular weight excluding hydrogens is 1180 g/mol. The zero-order valence-corrected chi connectivity index (χ0v) is 50.0. The highest BCUT2D eigenvalue weighted by Crippen LogP contribution is 2.28. The van der Waals surface area contributed by atoms with E-state index in [9.17, 15) is 108 Å². The van der Waals surface area contributed by atoms with Crippen LogP contribution in [0.4, 0.5) is 5.69 Å². The number of amides is 10. The van der Waals surface area contributed by atoms with Crippen molar-refractivity contribution in [3.05, 3.63) is 33.9 Å². The highest BCUT2D eigenvalue weighted by molar-refractivity contribution is 5.99. The molecule has 0 spiro atoms. The highest BCUT2D eigenvalue weighted by atomic mass is 16.6. The topological polar surface area (TPSA) is 546 Å². The molecule has 2 aliphatic rings. The number of primary amides is 1. The van der Waals surface area contributed by atoms with Crippen LogP contribution in [0.1, 0.15) is 130 Å². The molecule has 2 aliphatic heterocycles. The van der Waals surface area contributed by atoms with Gasteiger partial charge in [-0.1, -0.05) is 46.6 Å². The number of hydrogen-bond acceptors (Lipinski definition) is 19. The monoisotopic (exact) mass is 1260 g/mol. The molecule has 494 valence electrons. The smallest absolute Gasteiger partial charge is 0.326 e. The van der Waals surface area contributed by atoms with Crippen LogP contribution in [0, 0.1) is 22.0 Å². The lowest BCUT2D eigenvalue weighted by atomic mass is 9.96. The van der Waals surface area contributed by atoms with Gasteiger partial charge in [-0.05, 0) is 81.8 Å². The average molecular weight is 1260 g/mol. The summed E-state index contributed by atoms with van der Waals surface area (Å²) in [4.78, 5) is 199. The molecule has 1 aromatic carbocycles. The van der Waals surface area contributed by atoms with E-state index in [0.717, 1.165) is 23.1 Å². The summed E-state index contributed by atoms with van der Waals surface area (Å²) in [7, 11) is 0. The van der Waals surface area contributed by atoms with E-state index in [-0.39, 0.29) is 44.3 Å². The number of likely N-dealkylation sites (tertiary alicyclic amines) is 2. The van der Waals surface area contributed by atoms with Gasteiger partial charge in [-0.2, -0.15) is 0 Å². The highest BCUT2D eigenvalue weighted by Gasteiger charge is 2.43. The number of carboxylic acid groups (broad SMARTS) is 4. The van der Waals surface area contributed by atoms with Gasteiger partial charge >= 0.3 is 29.6 Å². The molecule has 0 saturated carbocycles. The normalized spacial score (nSPS) is 18.3. The first-order valence-electron chi connectivity index (χ1n) is 29.0. The number of aromatic hydroxyl groups is 1. The molecule has 1 aromatic rings. The van der Waals surface area contributed by atoms with Gasteiger partial charge in [-0.3, -0.25) is 72.4 Å². The molecule has 0 bridgehead atoms. The minimum atomic E-state index is -1.98. The summed E-state index contributed by atoms with van der Waals surface area (Å²) in [5.41, 5.74) is 10.1. The van der Waals surface area contributed by atoms with Gasteiger partial charge in [0.25, 0.3) is 0 Å². The Labute approximate surface area is 510 Å². The lowest BCUT2D eigenvalue weighted by Gasteiger charge is -2.33. The molecular formula is C55H82N12O22. The van der Waals surface area contributed by atoms with Gasteiger partial charge in [0.05, 0.1) is 11.0 Å². The molecule has 34 heteroatoms. The first-order valence-corrected chi connectivity index (χ1v) is 29.0. The number of carbonyl (C=O) groups excluding carboxylic acids is 10. The summed E-state index contributed by atoms with van der Waals surface area (Å²) < 4.78 is 0. The molecule has 10 amide bonds. The second-order valence-corrected chi connectivity index (χ2v) is 22.1. The van der Waals surface area contributed by atoms with Crippen molar-refractivity contribution in [1.82, 2.24) is 47.0 Å². The second kappa shape index (κ2) is 35.1. The summed E-state index contributed by atoms with van der Waals surface area (Å²) in [5, 5.41) is 87.3. The molecule has 0 unspecified atom stereocenters. The van der Waals surface area contributed by atoms with Gasteiger partial charge in [0.15, 0.2) is 5.75 Å². The van der Waals surface area contributed by atoms with E-state index in [1.165, 1.54) is 11.8 Å². The van der Waals surface area contributed by atoms with Gasteiger partial charge < -0.3 is 89.1 Å². The lowest BCUT2D eigenvalue weighted by molar-refractivity contribution is -0.385. The maximum absolute atomic E-state index is 14.6. The van der Waals surface area contributed by atoms with E-state index in [4.69, 9.17) is 11.5 Å². The number of hydrogen-bond donors (Lipinski definition) is 15. The average Bonchev–Trinajstić information content (AvgIpc) is 4.43. The Morgan fingerprint density at radius 1 is 0.584 bits per heavy atom. The van der Waals surface area contributed by atoms with Crippen LogP contribution in [-0.4, -0.2) is 208 Å². The first kappa shape index (κ1) is 74.2. The van der Waals surface area contributed by atoms with Gasteiger partial charge in [-0.15, -0.1) is 0 Å². The zero-order valence-electron chi connectivity index (χ0n) is 50.0. The van der Waals surface area contributed by atoms with Crippen LogP contribution in [-0.2, 0) is 73.5 Å². The van der Waals surface area contributed by atoms with Crippen LogP contribution in [0.3, 0.4) is 0 Å². The number of nitro groups is 1. The van der Waals surface area contributed by atoms with E-state index in [1.54, 1.807) is 27.7 Å². The molecule has 0 radical (unpaired) electrons. The van der Waals surface area contributed by atoms with Gasteiger partial charge in [-0.25, -0.2) is 4.79 Å². The number of nitrogens with one attached hydrogen (secondary N) is 7. The number of carbonyl (C=O) groups is 14. The van der Waals surface area contributed by atoms with Crippen molar-refractivity contribution in [2.24, 2.45) is 23.3 Å². The number of aliphatic hydroxyl groups is 1. The molecule has 34 nitrogen and oxygen atoms in total. The van der Waals surface area contributed by atoms with Crippen molar-refractivity contribution in [2.75, 3.05) is 13.1 Å². The minimum Gasteiger partial charge on any atom is -0.502 e. The fourth-order valence-corrected chi connectivity index (χ4v) is 9.87. The SMILES string of the molecule is CC[C@H](C)[C@H](NC(=O)[C@@H]1CCCN1C(=O)[C@@H](NC(=O)[C@H](CCC(=O)O)NC(=O)[C@H](CCC(=O)O)NC(=O)[C@H](Cc1ccc(O)c([N+](=O)[O-])c1)NC(=O)[C@H](CCC(N)=O)NC(=O)[C@@H]1CCCN1C(=O)[C@H](CCC(=O)O)NC(=O)[C@@H](N)[C@@H](C)O)[C@@H](C)CC)C(=O)O. The van der Waals surface area contributed by atoms with Crippen LogP contribution in [0.15, 0.2) is 18.2 Å². The molecule has 2 fully saturated rings. The quantitative estimate of drug-likeness (QED) is 0.0233. The fourth-order valence-electron chi connectivity index (χ4n) is 9.87. The number of phenolic OH excluding ortho intramolecular Hbond substituents is 1. The third-order valence-corrected chi connectivity index (χ3v) is 15.5. The largest absolute Gasteiger partial charge is 0.502 e. The first-order chi connectivity index (χ1) is 41.7. The van der Waals surface area contributed by atoms with Crippen molar-refractivity contribution in [3.8, 4) is 5.75 Å². The summed E-state index contributed by atoms with van der Waals surface area (Å²) >= 11 is 0. The predicted octanol–water partition coefficient (Wildman–Crippen LogP) is -3.04. The van der Waals surface area contributed by atoms with E-state index in [1.807, 2.05) is 0 Å². The Balaban J connectivity index is 2.04. The lowest BCUT2D eigenvalue weighted by Crippen LogP contribution is -2.61. The number of benzene rings is 1. The van der Waals surface area contributed by atoms with Crippen LogP contribution in [0.25, 0.3) is 0 Å². The van der Waals surface area contributed by atoms with E-state index < -0.39 is 235 Å². The van der Waals surface area contributed by atoms with Gasteiger partial charge in [0.1, 0.15) is 60.4 Å². The number of carboxylic acids is 4. The van der Waals surface area contributed by atoms with Gasteiger partial charge in [0.2, 0.25) is 59.1 Å². The third kappa shape index (κ3) is 22.5. The van der Waals surface area contributed by atoms with E-state index >= 15 is 0 Å². The van der Waals surface area contributed by atoms with Crippen molar-refractivity contribution >= 4 is 88.6 Å². The van der Waals surface area contributed by atoms with Gasteiger partial charge in [0, 0.05) is 51.3 Å². The zero-order chi connectivity index (χ0) is 67.1. The van der Waals surface area contributed by atoms with E-state index in [0.29, 0.717) is 12.8 Å². The number of phenols is 1. The van der Waals surface area contributed by atoms with Crippen LogP contribution >= 0.6 is 0 Å². The van der Waals surface area contributed by atoms with Crippen LogP contribution in [0.5, 0.6) is 5.75 Å². The predicted molar refractivity (Wildman–Crippen MR) is 307 cm³/mol. The van der Waals surface area contributed by atoms with Crippen molar-refractivity contribution in [3.63, 3.8) is 0 Å². The number of aliphatic carboxylic acids is 4. The fraction of sp³-hybridized carbons (Fsp3) is 0.636. The molecule has 2 saturated heterocycles. The summed E-state index contributed by atoms with van der Waals surface area (Å²) in [6, 6.07) is -13.2. The number of nitrogens with zero attached hydrogens (tertiary/aromatic N) is 3. The number of nitro benzene ring substituents is 1. The Morgan fingerprint density at radius 2 is 1.00 bits per heavy atom. The van der Waals surface area contributed by atoms with Crippen LogP contribution < -0.4 is 48.7 Å². The molecule has 89 heavy (non-hydrogen) atoms. The number of aliphatic hydroxyl groups excluding tert-OH is 1. The Hall–Kier alpha value is -9.08. The standard InChI is InChI=1S/C55H82N12O22/c1-6-26(3)44(54(85)66-23-9-11-36(66)51(82)64-45(55(86)87)27(4)7-2)63-48(79)32(15-20-41(73)74)58-46(77)31(14-19-40(71)72)59-49(80)34(24-29-12-17-38(69)37(25-29)67(88)89)62-47(78)30(13-18-39(56)70)60-50(81)35-10-8-22-65(35)53(84)33(16-21-42(75)76)61-52(83)43(57)28(5)68/h12,17,25-28,30-36,43-45,68-69H,6-11,13-16,18-24,57H2,1-5H3,(H2,56,70)(H,58,77)(H,59,80)(H,60,81)(H,61,83)(H,62,78)(H,63,79)(H,64,82)(H,71,72)(H,73,74)(H,75,76)(H,86,87)/t26-,27-,28+,30-,31-,32-,33-,34-,35-,36-,43-,44-,45-/m0/s1. The van der Waals surface area contributed by atoms with Crippen molar-refractivity contribution in [2.45, 2.75) is 197 Å². The summed E-state index contributed by atoms with van der Waals surface area (Å²) in [6.07, 6.45) is -6.37. The van der Waals surface area contributed by atoms with Crippen molar-refractivity contribution in [1.29, 1.82) is 0 Å². The Morgan fingerprint density at radius 3 is 1.46 bits per heavy atom. The third-order valence-electron chi connectivity index (χ3n) is 15.5. The molecule has 0 aliphatic carbocycles. The summed E-state index contributed by atoms with van der Waals surface area (Å²) in [5.74, 6) is -18.2. The second-order valence-electron chi connectivity index (χ2n) is 22.1. The number of rotatable bonds is 37.